The van der Waals surface area contributed by atoms with Crippen LogP contribution in [0.2, 0.25) is 0 Å². The molecule has 2 aromatic rings. The van der Waals surface area contributed by atoms with E-state index in [4.69, 9.17) is 5.73 Å². The molecule has 0 aliphatic carbocycles. The Labute approximate surface area is 114 Å². The maximum absolute atomic E-state index is 12.9. The molecule has 0 bridgehead atoms. The topological polar surface area (TPSA) is 38.9 Å². The fraction of sp³-hybridized carbons (Fsp3) is 0.214. The van der Waals surface area contributed by atoms with E-state index in [1.165, 1.54) is 12.1 Å². The van der Waals surface area contributed by atoms with Gasteiger partial charge in [-0.05, 0) is 58.7 Å². The Kier molecular flexibility index (Phi) is 4.44. The summed E-state index contributed by atoms with van der Waals surface area (Å²) in [5.41, 5.74) is 7.82. The zero-order valence-corrected chi connectivity index (χ0v) is 11.4. The molecule has 0 saturated carbocycles. The molecule has 0 amide bonds. The molecular formula is C14H14BrFN2. The fourth-order valence-electron chi connectivity index (χ4n) is 1.85. The van der Waals surface area contributed by atoms with Gasteiger partial charge >= 0.3 is 0 Å². The van der Waals surface area contributed by atoms with Crippen LogP contribution in [-0.2, 0) is 6.42 Å². The van der Waals surface area contributed by atoms with Crippen LogP contribution in [0, 0.1) is 5.82 Å². The highest BCUT2D eigenvalue weighted by Crippen LogP contribution is 2.20. The summed E-state index contributed by atoms with van der Waals surface area (Å²) in [6.45, 7) is 0.517. The van der Waals surface area contributed by atoms with Crippen molar-refractivity contribution in [3.63, 3.8) is 0 Å². The molecule has 1 unspecified atom stereocenters. The SMILES string of the molecule is NCC(Cc1ccc(Br)cn1)c1ccc(F)cc1. The van der Waals surface area contributed by atoms with Gasteiger partial charge in [0.2, 0.25) is 0 Å². The van der Waals surface area contributed by atoms with Crippen molar-refractivity contribution in [2.24, 2.45) is 5.73 Å². The molecule has 1 aromatic carbocycles. The van der Waals surface area contributed by atoms with Gasteiger partial charge in [-0.3, -0.25) is 4.98 Å². The molecule has 0 radical (unpaired) electrons. The zero-order valence-electron chi connectivity index (χ0n) is 9.81. The minimum absolute atomic E-state index is 0.166. The summed E-state index contributed by atoms with van der Waals surface area (Å²) < 4.78 is 13.8. The van der Waals surface area contributed by atoms with Crippen LogP contribution in [0.15, 0.2) is 47.1 Å². The van der Waals surface area contributed by atoms with Gasteiger partial charge in [-0.15, -0.1) is 0 Å². The first kappa shape index (κ1) is 13.2. The standard InChI is InChI=1S/C14H14BrFN2/c15-12-3-6-14(18-9-12)7-11(8-17)10-1-4-13(16)5-2-10/h1-6,9,11H,7-8,17H2. The predicted molar refractivity (Wildman–Crippen MR) is 73.8 cm³/mol. The van der Waals surface area contributed by atoms with E-state index in [0.717, 1.165) is 22.2 Å². The molecule has 0 aliphatic rings. The molecule has 2 nitrogen and oxygen atoms in total. The van der Waals surface area contributed by atoms with Gasteiger partial charge in [0, 0.05) is 22.3 Å². The Balaban J connectivity index is 2.14. The number of aromatic nitrogens is 1. The van der Waals surface area contributed by atoms with Crippen molar-refractivity contribution in [3.8, 4) is 0 Å². The second-order valence-electron chi connectivity index (χ2n) is 4.16. The average Bonchev–Trinajstić information content (AvgIpc) is 2.39. The molecule has 0 aliphatic heterocycles. The Hall–Kier alpha value is -1.26. The molecule has 4 heteroatoms. The Morgan fingerprint density at radius 2 is 1.89 bits per heavy atom. The minimum Gasteiger partial charge on any atom is -0.330 e. The lowest BCUT2D eigenvalue weighted by molar-refractivity contribution is 0.623. The number of halogens is 2. The molecule has 2 rings (SSSR count). The Morgan fingerprint density at radius 1 is 1.17 bits per heavy atom. The Morgan fingerprint density at radius 3 is 2.44 bits per heavy atom. The highest BCUT2D eigenvalue weighted by molar-refractivity contribution is 9.10. The zero-order chi connectivity index (χ0) is 13.0. The number of hydrogen-bond donors (Lipinski definition) is 1. The predicted octanol–water partition coefficient (Wildman–Crippen LogP) is 3.27. The second-order valence-corrected chi connectivity index (χ2v) is 5.07. The van der Waals surface area contributed by atoms with Crippen LogP contribution < -0.4 is 5.73 Å². The maximum atomic E-state index is 12.9. The van der Waals surface area contributed by atoms with Gasteiger partial charge in [0.15, 0.2) is 0 Å². The summed E-state index contributed by atoms with van der Waals surface area (Å²) in [6, 6.07) is 10.4. The summed E-state index contributed by atoms with van der Waals surface area (Å²) in [6.07, 6.45) is 2.53. The third-order valence-electron chi connectivity index (χ3n) is 2.87. The highest BCUT2D eigenvalue weighted by Gasteiger charge is 2.11. The van der Waals surface area contributed by atoms with E-state index in [2.05, 4.69) is 20.9 Å². The van der Waals surface area contributed by atoms with Crippen LogP contribution in [0.1, 0.15) is 17.2 Å². The number of nitrogens with two attached hydrogens (primary N) is 1. The van der Waals surface area contributed by atoms with Crippen molar-refractivity contribution in [2.45, 2.75) is 12.3 Å². The molecular weight excluding hydrogens is 295 g/mol. The lowest BCUT2D eigenvalue weighted by Crippen LogP contribution is -2.15. The van der Waals surface area contributed by atoms with Gasteiger partial charge in [-0.1, -0.05) is 12.1 Å². The molecule has 1 aromatic heterocycles. The monoisotopic (exact) mass is 308 g/mol. The molecule has 94 valence electrons. The third kappa shape index (κ3) is 3.37. The van der Waals surface area contributed by atoms with Crippen molar-refractivity contribution < 1.29 is 4.39 Å². The molecule has 2 N–H and O–H groups in total. The molecule has 0 spiro atoms. The first-order chi connectivity index (χ1) is 8.69. The van der Waals surface area contributed by atoms with Crippen molar-refractivity contribution in [1.29, 1.82) is 0 Å². The summed E-state index contributed by atoms with van der Waals surface area (Å²) >= 11 is 3.35. The van der Waals surface area contributed by atoms with E-state index in [0.29, 0.717) is 6.54 Å². The molecule has 1 atom stereocenters. The summed E-state index contributed by atoms with van der Waals surface area (Å²) in [5.74, 6) is -0.0597. The molecule has 0 fully saturated rings. The summed E-state index contributed by atoms with van der Waals surface area (Å²) in [5, 5.41) is 0. The van der Waals surface area contributed by atoms with Gasteiger partial charge in [0.25, 0.3) is 0 Å². The van der Waals surface area contributed by atoms with Crippen molar-refractivity contribution in [2.75, 3.05) is 6.54 Å². The van der Waals surface area contributed by atoms with E-state index in [1.807, 2.05) is 12.1 Å². The second kappa shape index (κ2) is 6.07. The van der Waals surface area contributed by atoms with E-state index >= 15 is 0 Å². The third-order valence-corrected chi connectivity index (χ3v) is 3.34. The number of nitrogens with zero attached hydrogens (tertiary/aromatic N) is 1. The van der Waals surface area contributed by atoms with E-state index in [-0.39, 0.29) is 11.7 Å². The van der Waals surface area contributed by atoms with Crippen LogP contribution >= 0.6 is 15.9 Å². The molecule has 0 saturated heterocycles. The average molecular weight is 309 g/mol. The van der Waals surface area contributed by atoms with Crippen LogP contribution in [0.25, 0.3) is 0 Å². The first-order valence-electron chi connectivity index (χ1n) is 5.75. The quantitative estimate of drug-likeness (QED) is 0.941. The lowest BCUT2D eigenvalue weighted by atomic mass is 9.94. The van der Waals surface area contributed by atoms with Crippen LogP contribution in [0.3, 0.4) is 0 Å². The Bertz CT molecular complexity index is 496. The normalized spacial score (nSPS) is 12.4. The van der Waals surface area contributed by atoms with E-state index in [9.17, 15) is 4.39 Å². The first-order valence-corrected chi connectivity index (χ1v) is 6.54. The number of hydrogen-bond acceptors (Lipinski definition) is 2. The number of rotatable bonds is 4. The van der Waals surface area contributed by atoms with Gasteiger partial charge in [0.1, 0.15) is 5.82 Å². The van der Waals surface area contributed by atoms with Gasteiger partial charge in [-0.2, -0.15) is 0 Å². The largest absolute Gasteiger partial charge is 0.330 e. The van der Waals surface area contributed by atoms with Crippen molar-refractivity contribution in [3.05, 3.63) is 64.1 Å². The van der Waals surface area contributed by atoms with Crippen molar-refractivity contribution in [1.82, 2.24) is 4.98 Å². The summed E-state index contributed by atoms with van der Waals surface area (Å²) in [7, 11) is 0. The highest BCUT2D eigenvalue weighted by atomic mass is 79.9. The molecule has 1 heterocycles. The lowest BCUT2D eigenvalue weighted by Gasteiger charge is -2.14. The van der Waals surface area contributed by atoms with Crippen LogP contribution in [0.5, 0.6) is 0 Å². The fourth-order valence-corrected chi connectivity index (χ4v) is 2.09. The van der Waals surface area contributed by atoms with E-state index in [1.54, 1.807) is 18.3 Å². The van der Waals surface area contributed by atoms with Crippen LogP contribution in [-0.4, -0.2) is 11.5 Å². The minimum atomic E-state index is -0.226. The van der Waals surface area contributed by atoms with Crippen molar-refractivity contribution >= 4 is 15.9 Å². The van der Waals surface area contributed by atoms with Gasteiger partial charge in [0.05, 0.1) is 0 Å². The summed E-state index contributed by atoms with van der Waals surface area (Å²) in [4.78, 5) is 4.33. The molecule has 18 heavy (non-hydrogen) atoms. The maximum Gasteiger partial charge on any atom is 0.123 e. The van der Waals surface area contributed by atoms with Gasteiger partial charge in [-0.25, -0.2) is 4.39 Å². The number of benzene rings is 1. The van der Waals surface area contributed by atoms with Gasteiger partial charge < -0.3 is 5.73 Å². The van der Waals surface area contributed by atoms with E-state index < -0.39 is 0 Å². The van der Waals surface area contributed by atoms with Crippen LogP contribution in [0.4, 0.5) is 4.39 Å². The smallest absolute Gasteiger partial charge is 0.123 e. The number of pyridine rings is 1.